The lowest BCUT2D eigenvalue weighted by atomic mass is 10.0. The third-order valence-electron chi connectivity index (χ3n) is 2.81. The van der Waals surface area contributed by atoms with Gasteiger partial charge in [-0.15, -0.1) is 0 Å². The quantitative estimate of drug-likeness (QED) is 0.641. The van der Waals surface area contributed by atoms with Crippen molar-refractivity contribution in [2.75, 3.05) is 0 Å². The molecule has 2 aromatic rings. The number of allylic oxidation sites excluding steroid dienone is 2. The van der Waals surface area contributed by atoms with Crippen LogP contribution in [0.15, 0.2) is 47.5 Å². The lowest BCUT2D eigenvalue weighted by molar-refractivity contribution is 1.49. The van der Waals surface area contributed by atoms with Crippen molar-refractivity contribution in [2.45, 2.75) is 4.33 Å². The molecular weight excluding hydrogens is 263 g/mol. The molecule has 0 aromatic heterocycles. The van der Waals surface area contributed by atoms with Crippen LogP contribution in [-0.2, 0) is 0 Å². The second kappa shape index (κ2) is 3.40. The molecule has 3 rings (SSSR count). The Morgan fingerprint density at radius 3 is 2.19 bits per heavy atom. The molecule has 0 unspecified atom stereocenters. The number of halogens is 3. The fourth-order valence-electron chi connectivity index (χ4n) is 1.94. The van der Waals surface area contributed by atoms with E-state index >= 15 is 0 Å². The van der Waals surface area contributed by atoms with Crippen molar-refractivity contribution in [1.82, 2.24) is 0 Å². The number of hydrogen-bond acceptors (Lipinski definition) is 0. The van der Waals surface area contributed by atoms with E-state index in [2.05, 4.69) is 12.1 Å². The van der Waals surface area contributed by atoms with Gasteiger partial charge >= 0.3 is 0 Å². The second-order valence-electron chi connectivity index (χ2n) is 3.79. The van der Waals surface area contributed by atoms with E-state index in [0.29, 0.717) is 5.03 Å². The van der Waals surface area contributed by atoms with Crippen LogP contribution in [0.5, 0.6) is 0 Å². The molecule has 0 heterocycles. The molecule has 0 amide bonds. The average molecular weight is 270 g/mol. The normalized spacial score (nSPS) is 17.9. The number of fused-ring (bicyclic) bond motifs is 1. The van der Waals surface area contributed by atoms with E-state index in [0.717, 1.165) is 21.9 Å². The summed E-state index contributed by atoms with van der Waals surface area (Å²) in [6.45, 7) is 0. The number of hydrogen-bond donors (Lipinski definition) is 0. The fraction of sp³-hybridized carbons (Fsp3) is 0.0769. The van der Waals surface area contributed by atoms with E-state index < -0.39 is 4.33 Å². The lowest BCUT2D eigenvalue weighted by Gasteiger charge is -2.04. The van der Waals surface area contributed by atoms with Gasteiger partial charge in [0.2, 0.25) is 0 Å². The summed E-state index contributed by atoms with van der Waals surface area (Å²) in [7, 11) is 0. The predicted octanol–water partition coefficient (Wildman–Crippen LogP) is 4.98. The Balaban J connectivity index is 2.27. The van der Waals surface area contributed by atoms with Crippen LogP contribution < -0.4 is 0 Å². The highest BCUT2D eigenvalue weighted by atomic mass is 35.5. The van der Waals surface area contributed by atoms with E-state index in [4.69, 9.17) is 34.8 Å². The summed E-state index contributed by atoms with van der Waals surface area (Å²) in [6, 6.07) is 14.1. The Hall–Kier alpha value is -0.690. The molecule has 0 bridgehead atoms. The second-order valence-corrected chi connectivity index (χ2v) is 5.50. The Labute approximate surface area is 108 Å². The SMILES string of the molecule is ClC1=C(c2cccc3ccccc23)C1(Cl)Cl. The first-order chi connectivity index (χ1) is 7.62. The maximum Gasteiger partial charge on any atom is 0.180 e. The minimum atomic E-state index is -0.980. The Kier molecular flexibility index (Phi) is 2.22. The zero-order chi connectivity index (χ0) is 11.3. The Bertz CT molecular complexity index is 606. The highest BCUT2D eigenvalue weighted by Gasteiger charge is 2.51. The van der Waals surface area contributed by atoms with Gasteiger partial charge in [-0.2, -0.15) is 0 Å². The van der Waals surface area contributed by atoms with Gasteiger partial charge < -0.3 is 0 Å². The molecule has 0 atom stereocenters. The van der Waals surface area contributed by atoms with Crippen LogP contribution in [0.3, 0.4) is 0 Å². The standard InChI is InChI=1S/C13H7Cl3/c14-12-11(13(12,15)16)10-7-3-5-8-4-1-2-6-9(8)10/h1-7H. The molecule has 0 N–H and O–H groups in total. The Morgan fingerprint density at radius 2 is 1.50 bits per heavy atom. The lowest BCUT2D eigenvalue weighted by Crippen LogP contribution is -1.91. The molecular formula is C13H7Cl3. The van der Waals surface area contributed by atoms with Crippen molar-refractivity contribution < 1.29 is 0 Å². The molecule has 16 heavy (non-hydrogen) atoms. The van der Waals surface area contributed by atoms with Gasteiger partial charge in [0.1, 0.15) is 0 Å². The van der Waals surface area contributed by atoms with Gasteiger partial charge in [0.25, 0.3) is 0 Å². The van der Waals surface area contributed by atoms with Gasteiger partial charge in [0, 0.05) is 5.57 Å². The van der Waals surface area contributed by atoms with Crippen molar-refractivity contribution in [3.63, 3.8) is 0 Å². The van der Waals surface area contributed by atoms with Crippen LogP contribution >= 0.6 is 34.8 Å². The van der Waals surface area contributed by atoms with Crippen LogP contribution in [-0.4, -0.2) is 4.33 Å². The fourth-order valence-corrected chi connectivity index (χ4v) is 2.81. The van der Waals surface area contributed by atoms with E-state index in [1.54, 1.807) is 0 Å². The molecule has 0 nitrogen and oxygen atoms in total. The molecule has 0 saturated carbocycles. The summed E-state index contributed by atoms with van der Waals surface area (Å²) in [6.07, 6.45) is 0. The van der Waals surface area contributed by atoms with Gasteiger partial charge in [-0.05, 0) is 16.3 Å². The molecule has 0 spiro atoms. The maximum atomic E-state index is 6.05. The van der Waals surface area contributed by atoms with E-state index in [1.165, 1.54) is 0 Å². The van der Waals surface area contributed by atoms with E-state index in [-0.39, 0.29) is 0 Å². The molecule has 80 valence electrons. The number of rotatable bonds is 1. The molecule has 1 aliphatic rings. The van der Waals surface area contributed by atoms with Crippen LogP contribution in [0, 0.1) is 0 Å². The van der Waals surface area contributed by atoms with Crippen molar-refractivity contribution in [3.8, 4) is 0 Å². The minimum absolute atomic E-state index is 0.534. The maximum absolute atomic E-state index is 6.05. The number of alkyl halides is 2. The highest BCUT2D eigenvalue weighted by Crippen LogP contribution is 2.61. The van der Waals surface area contributed by atoms with Gasteiger partial charge in [-0.25, -0.2) is 0 Å². The van der Waals surface area contributed by atoms with Gasteiger partial charge in [-0.1, -0.05) is 77.3 Å². The summed E-state index contributed by atoms with van der Waals surface area (Å²) in [5.74, 6) is 0. The summed E-state index contributed by atoms with van der Waals surface area (Å²) in [4.78, 5) is 0. The van der Waals surface area contributed by atoms with Crippen LogP contribution in [0.2, 0.25) is 0 Å². The van der Waals surface area contributed by atoms with Crippen molar-refractivity contribution in [3.05, 3.63) is 53.1 Å². The summed E-state index contributed by atoms with van der Waals surface area (Å²) in [5.41, 5.74) is 1.85. The molecule has 0 radical (unpaired) electrons. The highest BCUT2D eigenvalue weighted by molar-refractivity contribution is 6.69. The zero-order valence-corrected chi connectivity index (χ0v) is 10.4. The summed E-state index contributed by atoms with van der Waals surface area (Å²) in [5, 5.41) is 2.82. The monoisotopic (exact) mass is 268 g/mol. The zero-order valence-electron chi connectivity index (χ0n) is 8.18. The third-order valence-corrected chi connectivity index (χ3v) is 4.23. The van der Waals surface area contributed by atoms with Crippen molar-refractivity contribution >= 4 is 51.1 Å². The molecule has 3 heteroatoms. The summed E-state index contributed by atoms with van der Waals surface area (Å²) < 4.78 is -0.980. The van der Waals surface area contributed by atoms with Crippen molar-refractivity contribution in [2.24, 2.45) is 0 Å². The first-order valence-corrected chi connectivity index (χ1v) is 6.02. The first-order valence-electron chi connectivity index (χ1n) is 4.89. The number of benzene rings is 2. The first kappa shape index (κ1) is 10.5. The molecule has 2 aromatic carbocycles. The molecule has 0 saturated heterocycles. The average Bonchev–Trinajstić information content (AvgIpc) is 2.77. The van der Waals surface area contributed by atoms with Crippen LogP contribution in [0.1, 0.15) is 5.56 Å². The van der Waals surface area contributed by atoms with Gasteiger partial charge in [0.05, 0.1) is 5.03 Å². The van der Waals surface area contributed by atoms with Crippen molar-refractivity contribution in [1.29, 1.82) is 0 Å². The topological polar surface area (TPSA) is 0 Å². The molecule has 1 aliphatic carbocycles. The predicted molar refractivity (Wildman–Crippen MR) is 71.2 cm³/mol. The largest absolute Gasteiger partial charge is 0.180 e. The van der Waals surface area contributed by atoms with Crippen LogP contribution in [0.4, 0.5) is 0 Å². The Morgan fingerprint density at radius 1 is 0.875 bits per heavy atom. The van der Waals surface area contributed by atoms with E-state index in [9.17, 15) is 0 Å². The smallest absolute Gasteiger partial charge is 0.0898 e. The summed E-state index contributed by atoms with van der Waals surface area (Å²) >= 11 is 18.1. The minimum Gasteiger partial charge on any atom is -0.0898 e. The van der Waals surface area contributed by atoms with Crippen LogP contribution in [0.25, 0.3) is 16.3 Å². The van der Waals surface area contributed by atoms with E-state index in [1.807, 2.05) is 30.3 Å². The van der Waals surface area contributed by atoms with Gasteiger partial charge in [0.15, 0.2) is 4.33 Å². The van der Waals surface area contributed by atoms with Gasteiger partial charge in [-0.3, -0.25) is 0 Å². The molecule has 0 fully saturated rings. The molecule has 0 aliphatic heterocycles. The third kappa shape index (κ3) is 1.37.